The summed E-state index contributed by atoms with van der Waals surface area (Å²) < 4.78 is 21.1. The first-order valence-corrected chi connectivity index (χ1v) is 6.93. The molecule has 5 nitrogen and oxygen atoms in total. The van der Waals surface area contributed by atoms with Gasteiger partial charge in [0.05, 0.1) is 27.4 Å². The number of hydrogen-bond acceptors (Lipinski definition) is 5. The molecule has 0 aliphatic rings. The Labute approximate surface area is 126 Å². The van der Waals surface area contributed by atoms with Crippen molar-refractivity contribution in [2.75, 3.05) is 21.3 Å². The van der Waals surface area contributed by atoms with Gasteiger partial charge in [0.1, 0.15) is 22.8 Å². The molecule has 0 aromatic heterocycles. The van der Waals surface area contributed by atoms with E-state index >= 15 is 0 Å². The van der Waals surface area contributed by atoms with E-state index in [-0.39, 0.29) is 11.7 Å². The zero-order chi connectivity index (χ0) is 16.0. The molecule has 0 fully saturated rings. The third kappa shape index (κ3) is 4.55. The molecule has 0 heterocycles. The molecule has 118 valence electrons. The summed E-state index contributed by atoms with van der Waals surface area (Å²) in [5, 5.41) is 0. The summed E-state index contributed by atoms with van der Waals surface area (Å²) in [6, 6.07) is 3.26. The molecule has 0 bridgehead atoms. The number of carbonyl (C=O) groups is 1. The Morgan fingerprint density at radius 1 is 1.00 bits per heavy atom. The molecule has 5 heteroatoms. The van der Waals surface area contributed by atoms with Crippen LogP contribution < -0.4 is 14.2 Å². The van der Waals surface area contributed by atoms with Gasteiger partial charge in [-0.1, -0.05) is 13.8 Å². The number of esters is 1. The first kappa shape index (κ1) is 17.1. The highest BCUT2D eigenvalue weighted by molar-refractivity contribution is 5.96. The fourth-order valence-corrected chi connectivity index (χ4v) is 2.16. The second-order valence-corrected chi connectivity index (χ2v) is 5.25. The van der Waals surface area contributed by atoms with E-state index < -0.39 is 5.97 Å². The average molecular weight is 296 g/mol. The molecule has 1 unspecified atom stereocenters. The van der Waals surface area contributed by atoms with E-state index in [2.05, 4.69) is 13.8 Å². The minimum Gasteiger partial charge on any atom is -0.496 e. The van der Waals surface area contributed by atoms with Gasteiger partial charge in [-0.3, -0.25) is 0 Å². The zero-order valence-electron chi connectivity index (χ0n) is 13.6. The van der Waals surface area contributed by atoms with Crippen LogP contribution in [-0.2, 0) is 4.74 Å². The molecule has 0 aliphatic heterocycles. The molecule has 0 amide bonds. The summed E-state index contributed by atoms with van der Waals surface area (Å²) in [6.07, 6.45) is 0.626. The average Bonchev–Trinajstić information content (AvgIpc) is 2.44. The lowest BCUT2D eigenvalue weighted by atomic mass is 10.1. The Bertz CT molecular complexity index is 457. The fourth-order valence-electron chi connectivity index (χ4n) is 2.16. The number of hydrogen-bond donors (Lipinski definition) is 0. The van der Waals surface area contributed by atoms with E-state index in [1.807, 2.05) is 6.92 Å². The second-order valence-electron chi connectivity index (χ2n) is 5.25. The van der Waals surface area contributed by atoms with Crippen molar-refractivity contribution in [2.24, 2.45) is 5.92 Å². The maximum Gasteiger partial charge on any atom is 0.346 e. The third-order valence-corrected chi connectivity index (χ3v) is 3.03. The van der Waals surface area contributed by atoms with Crippen LogP contribution in [0.3, 0.4) is 0 Å². The molecule has 1 rings (SSSR count). The topological polar surface area (TPSA) is 54.0 Å². The Balaban J connectivity index is 3.07. The van der Waals surface area contributed by atoms with Gasteiger partial charge in [-0.15, -0.1) is 0 Å². The SMILES string of the molecule is COc1cc(OC)c(C(=O)OC(C)CC(C)C)c(OC)c1. The van der Waals surface area contributed by atoms with Crippen LogP contribution in [0, 0.1) is 5.92 Å². The number of benzene rings is 1. The standard InChI is InChI=1S/C16H24O5/c1-10(2)7-11(3)21-16(17)15-13(19-5)8-12(18-4)9-14(15)20-6/h8-11H,7H2,1-6H3. The quantitative estimate of drug-likeness (QED) is 0.723. The van der Waals surface area contributed by atoms with Gasteiger partial charge < -0.3 is 18.9 Å². The van der Waals surface area contributed by atoms with Crippen LogP contribution in [-0.4, -0.2) is 33.4 Å². The number of methoxy groups -OCH3 is 3. The van der Waals surface area contributed by atoms with Crippen molar-refractivity contribution in [2.45, 2.75) is 33.3 Å². The predicted octanol–water partition coefficient (Wildman–Crippen LogP) is 3.30. The summed E-state index contributed by atoms with van der Waals surface area (Å²) in [5.74, 6) is 1.28. The largest absolute Gasteiger partial charge is 0.496 e. The van der Waals surface area contributed by atoms with Crippen LogP contribution in [0.25, 0.3) is 0 Å². The van der Waals surface area contributed by atoms with Gasteiger partial charge in [0.25, 0.3) is 0 Å². The molecule has 1 aromatic rings. The summed E-state index contributed by atoms with van der Waals surface area (Å²) in [7, 11) is 4.52. The number of carbonyl (C=O) groups excluding carboxylic acids is 1. The predicted molar refractivity (Wildman–Crippen MR) is 80.4 cm³/mol. The molecule has 0 radical (unpaired) electrons. The molecule has 1 aromatic carbocycles. The van der Waals surface area contributed by atoms with E-state index in [0.717, 1.165) is 6.42 Å². The Morgan fingerprint density at radius 2 is 1.52 bits per heavy atom. The maximum absolute atomic E-state index is 12.4. The van der Waals surface area contributed by atoms with Gasteiger partial charge >= 0.3 is 5.97 Å². The van der Waals surface area contributed by atoms with E-state index in [1.165, 1.54) is 21.3 Å². The minimum atomic E-state index is -0.459. The third-order valence-electron chi connectivity index (χ3n) is 3.03. The Kier molecular flexibility index (Phi) is 6.34. The number of ether oxygens (including phenoxy) is 4. The van der Waals surface area contributed by atoms with Crippen LogP contribution in [0.1, 0.15) is 37.6 Å². The first-order chi connectivity index (χ1) is 9.92. The lowest BCUT2D eigenvalue weighted by Gasteiger charge is -2.18. The molecular formula is C16H24O5. The van der Waals surface area contributed by atoms with E-state index in [0.29, 0.717) is 23.2 Å². The molecule has 0 N–H and O–H groups in total. The monoisotopic (exact) mass is 296 g/mol. The van der Waals surface area contributed by atoms with Crippen LogP contribution in [0.4, 0.5) is 0 Å². The highest BCUT2D eigenvalue weighted by atomic mass is 16.5. The number of rotatable bonds is 7. The molecule has 0 spiro atoms. The maximum atomic E-state index is 12.4. The van der Waals surface area contributed by atoms with Crippen LogP contribution in [0.15, 0.2) is 12.1 Å². The van der Waals surface area contributed by atoms with Crippen molar-refractivity contribution in [3.8, 4) is 17.2 Å². The molecule has 0 aliphatic carbocycles. The normalized spacial score (nSPS) is 12.0. The fraction of sp³-hybridized carbons (Fsp3) is 0.562. The van der Waals surface area contributed by atoms with Gasteiger partial charge in [0, 0.05) is 12.1 Å². The Morgan fingerprint density at radius 3 is 1.90 bits per heavy atom. The lowest BCUT2D eigenvalue weighted by Crippen LogP contribution is -2.18. The van der Waals surface area contributed by atoms with Crippen molar-refractivity contribution >= 4 is 5.97 Å². The van der Waals surface area contributed by atoms with E-state index in [1.54, 1.807) is 12.1 Å². The van der Waals surface area contributed by atoms with Gasteiger partial charge in [-0.25, -0.2) is 4.79 Å². The smallest absolute Gasteiger partial charge is 0.346 e. The summed E-state index contributed by atoms with van der Waals surface area (Å²) in [4.78, 5) is 12.4. The van der Waals surface area contributed by atoms with Crippen molar-refractivity contribution < 1.29 is 23.7 Å². The highest BCUT2D eigenvalue weighted by Crippen LogP contribution is 2.34. The molecular weight excluding hydrogens is 272 g/mol. The first-order valence-electron chi connectivity index (χ1n) is 6.93. The minimum absolute atomic E-state index is 0.172. The second kappa shape index (κ2) is 7.76. The summed E-state index contributed by atoms with van der Waals surface area (Å²) in [6.45, 7) is 6.04. The van der Waals surface area contributed by atoms with Crippen LogP contribution >= 0.6 is 0 Å². The van der Waals surface area contributed by atoms with Gasteiger partial charge in [0.2, 0.25) is 0 Å². The lowest BCUT2D eigenvalue weighted by molar-refractivity contribution is 0.0292. The molecule has 21 heavy (non-hydrogen) atoms. The molecule has 0 saturated carbocycles. The van der Waals surface area contributed by atoms with Gasteiger partial charge in [-0.2, -0.15) is 0 Å². The molecule has 0 saturated heterocycles. The van der Waals surface area contributed by atoms with Crippen LogP contribution in [0.2, 0.25) is 0 Å². The van der Waals surface area contributed by atoms with E-state index in [4.69, 9.17) is 18.9 Å². The van der Waals surface area contributed by atoms with Crippen molar-refractivity contribution in [1.82, 2.24) is 0 Å². The van der Waals surface area contributed by atoms with Crippen LogP contribution in [0.5, 0.6) is 17.2 Å². The van der Waals surface area contributed by atoms with Crippen molar-refractivity contribution in [3.05, 3.63) is 17.7 Å². The molecule has 1 atom stereocenters. The highest BCUT2D eigenvalue weighted by Gasteiger charge is 2.23. The van der Waals surface area contributed by atoms with Gasteiger partial charge in [-0.05, 0) is 19.3 Å². The van der Waals surface area contributed by atoms with Gasteiger partial charge in [0.15, 0.2) is 0 Å². The van der Waals surface area contributed by atoms with Crippen molar-refractivity contribution in [1.29, 1.82) is 0 Å². The zero-order valence-corrected chi connectivity index (χ0v) is 13.6. The van der Waals surface area contributed by atoms with Crippen molar-refractivity contribution in [3.63, 3.8) is 0 Å². The Hall–Kier alpha value is -1.91. The van der Waals surface area contributed by atoms with E-state index in [9.17, 15) is 4.79 Å². The summed E-state index contributed by atoms with van der Waals surface area (Å²) in [5.41, 5.74) is 0.274. The summed E-state index contributed by atoms with van der Waals surface area (Å²) >= 11 is 0.